The fourth-order valence-electron chi connectivity index (χ4n) is 3.59. The summed E-state index contributed by atoms with van der Waals surface area (Å²) in [6.45, 7) is 5.01. The summed E-state index contributed by atoms with van der Waals surface area (Å²) in [5.41, 5.74) is 0.341. The molecule has 0 radical (unpaired) electrons. The smallest absolute Gasteiger partial charge is 0.377 e. The van der Waals surface area contributed by atoms with E-state index >= 15 is 0 Å². The molecule has 1 heterocycles. The van der Waals surface area contributed by atoms with Gasteiger partial charge in [-0.05, 0) is 45.6 Å². The van der Waals surface area contributed by atoms with Crippen molar-refractivity contribution in [2.45, 2.75) is 58.6 Å². The van der Waals surface area contributed by atoms with Gasteiger partial charge in [0.2, 0.25) is 13.3 Å². The molecule has 190 valence electrons. The van der Waals surface area contributed by atoms with Crippen molar-refractivity contribution in [3.05, 3.63) is 35.9 Å². The van der Waals surface area contributed by atoms with Crippen LogP contribution >= 0.6 is 7.37 Å². The van der Waals surface area contributed by atoms with E-state index in [0.717, 1.165) is 12.8 Å². The number of hydrogen-bond donors (Lipinski definition) is 0. The number of methoxy groups -OCH3 is 1. The van der Waals surface area contributed by atoms with Gasteiger partial charge in [-0.25, -0.2) is 19.4 Å². The molecule has 1 unspecified atom stereocenters. The Morgan fingerprint density at radius 3 is 2.32 bits per heavy atom. The molecule has 0 aliphatic carbocycles. The Balaban J connectivity index is 1.95. The molecule has 0 aromatic heterocycles. The van der Waals surface area contributed by atoms with E-state index in [9.17, 15) is 18.9 Å². The second-order valence-electron chi connectivity index (χ2n) is 9.50. The maximum Gasteiger partial charge on any atom is 0.377 e. The van der Waals surface area contributed by atoms with Crippen LogP contribution in [-0.2, 0) is 44.4 Å². The van der Waals surface area contributed by atoms with Crippen molar-refractivity contribution < 1.29 is 38.0 Å². The molecule has 1 aliphatic heterocycles. The first-order valence-corrected chi connectivity index (χ1v) is 13.4. The maximum atomic E-state index is 13.2. The number of hydrogen-bond acceptors (Lipinski definition) is 8. The van der Waals surface area contributed by atoms with Crippen LogP contribution in [-0.4, -0.2) is 68.0 Å². The molecule has 10 heteroatoms. The fraction of sp³-hybridized carbons (Fsp3) is 0.625. The molecule has 1 saturated heterocycles. The van der Waals surface area contributed by atoms with Gasteiger partial charge in [-0.15, -0.1) is 0 Å². The van der Waals surface area contributed by atoms with Crippen LogP contribution in [0, 0.1) is 5.41 Å². The fourth-order valence-corrected chi connectivity index (χ4v) is 5.35. The lowest BCUT2D eigenvalue weighted by atomic mass is 9.98. The van der Waals surface area contributed by atoms with Crippen LogP contribution in [0.15, 0.2) is 30.3 Å². The Kier molecular flexibility index (Phi) is 10.3. The van der Waals surface area contributed by atoms with Crippen LogP contribution in [0.5, 0.6) is 0 Å². The minimum atomic E-state index is -3.24. The van der Waals surface area contributed by atoms with E-state index in [2.05, 4.69) is 4.89 Å². The van der Waals surface area contributed by atoms with Gasteiger partial charge in [0.05, 0.1) is 11.5 Å². The second-order valence-corrected chi connectivity index (χ2v) is 12.3. The molecule has 3 atom stereocenters. The normalized spacial score (nSPS) is 20.0. The van der Waals surface area contributed by atoms with Crippen molar-refractivity contribution in [3.63, 3.8) is 0 Å². The van der Waals surface area contributed by atoms with Crippen LogP contribution in [0.25, 0.3) is 0 Å². The molecule has 0 N–H and O–H groups in total. The van der Waals surface area contributed by atoms with Crippen molar-refractivity contribution in [2.24, 2.45) is 5.41 Å². The molecule has 1 aromatic rings. The number of rotatable bonds is 10. The monoisotopic (exact) mass is 497 g/mol. The summed E-state index contributed by atoms with van der Waals surface area (Å²) in [5, 5.41) is 0. The van der Waals surface area contributed by atoms with Crippen LogP contribution in [0.3, 0.4) is 0 Å². The Hall–Kier alpha value is -2.22. The molecule has 0 saturated carbocycles. The van der Waals surface area contributed by atoms with Crippen LogP contribution < -0.4 is 0 Å². The van der Waals surface area contributed by atoms with Gasteiger partial charge in [-0.2, -0.15) is 0 Å². The molecular formula is C24H36NO8P. The maximum absolute atomic E-state index is 13.2. The number of unbranched alkanes of at least 4 members (excludes halogenated alkanes) is 1. The van der Waals surface area contributed by atoms with Gasteiger partial charge >= 0.3 is 11.9 Å². The SMILES string of the molecule is CO[C@@H]1C[C@@H](C(=O)OOC(=O)C(C)(C)C)N(C(=O)CP(=O)(CCCCc2ccccc2)OC)C1. The molecule has 1 amide bonds. The summed E-state index contributed by atoms with van der Waals surface area (Å²) < 4.78 is 23.8. The third kappa shape index (κ3) is 8.22. The first-order valence-electron chi connectivity index (χ1n) is 11.4. The largest absolute Gasteiger partial charge is 0.380 e. The molecule has 0 spiro atoms. The van der Waals surface area contributed by atoms with Crippen LogP contribution in [0.1, 0.15) is 45.6 Å². The highest BCUT2D eigenvalue weighted by atomic mass is 31.2. The van der Waals surface area contributed by atoms with Crippen molar-refractivity contribution in [1.82, 2.24) is 4.90 Å². The van der Waals surface area contributed by atoms with E-state index in [1.54, 1.807) is 20.8 Å². The molecule has 1 fully saturated rings. The third-order valence-corrected chi connectivity index (χ3v) is 8.18. The van der Waals surface area contributed by atoms with Crippen molar-refractivity contribution >= 4 is 25.2 Å². The zero-order valence-corrected chi connectivity index (χ0v) is 21.5. The summed E-state index contributed by atoms with van der Waals surface area (Å²) in [7, 11) is -0.420. The number of benzene rings is 1. The first-order chi connectivity index (χ1) is 16.0. The van der Waals surface area contributed by atoms with E-state index in [4.69, 9.17) is 14.1 Å². The number of amides is 1. The highest BCUT2D eigenvalue weighted by molar-refractivity contribution is 7.59. The average Bonchev–Trinajstić information content (AvgIpc) is 3.25. The Morgan fingerprint density at radius 2 is 1.74 bits per heavy atom. The second kappa shape index (κ2) is 12.5. The first kappa shape index (κ1) is 28.0. The van der Waals surface area contributed by atoms with E-state index in [0.29, 0.717) is 6.42 Å². The van der Waals surface area contributed by atoms with Gasteiger partial charge in [-0.3, -0.25) is 9.36 Å². The van der Waals surface area contributed by atoms with Gasteiger partial charge in [0.1, 0.15) is 12.2 Å². The van der Waals surface area contributed by atoms with E-state index in [1.165, 1.54) is 24.7 Å². The number of carbonyl (C=O) groups excluding carboxylic acids is 3. The summed E-state index contributed by atoms with van der Waals surface area (Å²) in [6.07, 6.45) is 2.03. The highest BCUT2D eigenvalue weighted by Crippen LogP contribution is 2.47. The molecule has 1 aromatic carbocycles. The number of carbonyl (C=O) groups is 3. The van der Waals surface area contributed by atoms with Gasteiger partial charge < -0.3 is 14.2 Å². The standard InChI is InChI=1S/C24H36NO8P/c1-24(2,3)23(28)33-32-22(27)20-15-19(30-4)16-25(20)21(26)17-34(29,31-5)14-10-9-13-18-11-7-6-8-12-18/h6-8,11-12,19-20H,9-10,13-17H2,1-5H3/t19-,20+,34?/m1/s1. The van der Waals surface area contributed by atoms with Crippen molar-refractivity contribution in [1.29, 1.82) is 0 Å². The average molecular weight is 498 g/mol. The van der Waals surface area contributed by atoms with Gasteiger partial charge in [0, 0.05) is 33.3 Å². The zero-order valence-electron chi connectivity index (χ0n) is 20.7. The predicted octanol–water partition coefficient (Wildman–Crippen LogP) is 3.60. The lowest BCUT2D eigenvalue weighted by Gasteiger charge is -2.25. The molecule has 9 nitrogen and oxygen atoms in total. The molecular weight excluding hydrogens is 461 g/mol. The van der Waals surface area contributed by atoms with E-state index in [-0.39, 0.29) is 25.3 Å². The molecule has 34 heavy (non-hydrogen) atoms. The number of ether oxygens (including phenoxy) is 1. The zero-order chi connectivity index (χ0) is 25.4. The van der Waals surface area contributed by atoms with E-state index < -0.39 is 42.8 Å². The van der Waals surface area contributed by atoms with Crippen molar-refractivity contribution in [3.8, 4) is 0 Å². The Labute approximate surface area is 201 Å². The van der Waals surface area contributed by atoms with Crippen LogP contribution in [0.4, 0.5) is 0 Å². The molecule has 1 aliphatic rings. The Morgan fingerprint density at radius 1 is 1.06 bits per heavy atom. The van der Waals surface area contributed by atoms with Gasteiger partial charge in [0.15, 0.2) is 0 Å². The Bertz CT molecular complexity index is 883. The highest BCUT2D eigenvalue weighted by Gasteiger charge is 2.43. The summed E-state index contributed by atoms with van der Waals surface area (Å²) in [4.78, 5) is 48.2. The lowest BCUT2D eigenvalue weighted by molar-refractivity contribution is -0.267. The van der Waals surface area contributed by atoms with Gasteiger partial charge in [-0.1, -0.05) is 30.3 Å². The summed E-state index contributed by atoms with van der Waals surface area (Å²) >= 11 is 0. The topological polar surface area (TPSA) is 108 Å². The minimum absolute atomic E-state index is 0.139. The third-order valence-electron chi connectivity index (χ3n) is 5.77. The summed E-state index contributed by atoms with van der Waals surface area (Å²) in [6, 6.07) is 8.98. The van der Waals surface area contributed by atoms with Crippen LogP contribution in [0.2, 0.25) is 0 Å². The number of aryl methyl sites for hydroxylation is 1. The molecule has 2 rings (SSSR count). The minimum Gasteiger partial charge on any atom is -0.380 e. The predicted molar refractivity (Wildman–Crippen MR) is 126 cm³/mol. The van der Waals surface area contributed by atoms with Gasteiger partial charge in [0.25, 0.3) is 0 Å². The lowest BCUT2D eigenvalue weighted by Crippen LogP contribution is -2.43. The van der Waals surface area contributed by atoms with E-state index in [1.807, 2.05) is 30.3 Å². The number of nitrogens with zero attached hydrogens (tertiary/aromatic N) is 1. The molecule has 0 bridgehead atoms. The number of likely N-dealkylation sites (tertiary alicyclic amines) is 1. The summed E-state index contributed by atoms with van der Waals surface area (Å²) in [5.74, 6) is -2.07. The van der Waals surface area contributed by atoms with Crippen molar-refractivity contribution in [2.75, 3.05) is 33.1 Å². The quantitative estimate of drug-likeness (QED) is 0.209.